The summed E-state index contributed by atoms with van der Waals surface area (Å²) in [4.78, 5) is 15.1. The van der Waals surface area contributed by atoms with Crippen LogP contribution in [0.5, 0.6) is 0 Å². The summed E-state index contributed by atoms with van der Waals surface area (Å²) in [6.45, 7) is 2.59. The number of thiophene rings is 1. The van der Waals surface area contributed by atoms with Crippen molar-refractivity contribution in [2.24, 2.45) is 5.73 Å². The molecule has 1 atom stereocenters. The second kappa shape index (κ2) is 6.52. The molecule has 0 radical (unpaired) electrons. The Balaban J connectivity index is 2.04. The van der Waals surface area contributed by atoms with Crippen molar-refractivity contribution in [3.63, 3.8) is 0 Å². The molecule has 0 aliphatic carbocycles. The minimum absolute atomic E-state index is 0.0709. The van der Waals surface area contributed by atoms with Crippen molar-refractivity contribution < 1.29 is 4.79 Å². The summed E-state index contributed by atoms with van der Waals surface area (Å²) in [6, 6.07) is 11.1. The zero-order valence-electron chi connectivity index (χ0n) is 11.5. The van der Waals surface area contributed by atoms with E-state index in [2.05, 4.69) is 15.9 Å². The summed E-state index contributed by atoms with van der Waals surface area (Å²) < 4.78 is 1.07. The van der Waals surface area contributed by atoms with Crippen LogP contribution in [0, 0.1) is 6.92 Å². The molecular weight excluding hydrogens is 336 g/mol. The molecule has 1 aromatic carbocycles. The molecule has 1 aromatic heterocycles. The minimum atomic E-state index is -0.607. The van der Waals surface area contributed by atoms with Crippen molar-refractivity contribution in [2.45, 2.75) is 19.5 Å². The second-order valence-electron chi connectivity index (χ2n) is 4.79. The lowest BCUT2D eigenvalue weighted by molar-refractivity contribution is -0.131. The highest BCUT2D eigenvalue weighted by Crippen LogP contribution is 2.23. The smallest absolute Gasteiger partial charge is 0.244 e. The molecule has 0 bridgehead atoms. The van der Waals surface area contributed by atoms with Crippen LogP contribution in [-0.4, -0.2) is 17.9 Å². The van der Waals surface area contributed by atoms with E-state index in [1.54, 1.807) is 23.3 Å². The highest BCUT2D eigenvalue weighted by molar-refractivity contribution is 9.11. The molecule has 5 heteroatoms. The zero-order chi connectivity index (χ0) is 14.7. The van der Waals surface area contributed by atoms with Gasteiger partial charge in [0.05, 0.1) is 10.3 Å². The molecule has 0 saturated carbocycles. The summed E-state index contributed by atoms with van der Waals surface area (Å²) >= 11 is 5.05. The number of aryl methyl sites for hydroxylation is 1. The van der Waals surface area contributed by atoms with E-state index in [0.29, 0.717) is 6.54 Å². The summed E-state index contributed by atoms with van der Waals surface area (Å²) in [6.07, 6.45) is 0. The van der Waals surface area contributed by atoms with Gasteiger partial charge in [-0.25, -0.2) is 0 Å². The minimum Gasteiger partial charge on any atom is -0.339 e. The fraction of sp³-hybridized carbons (Fsp3) is 0.267. The van der Waals surface area contributed by atoms with Gasteiger partial charge in [0, 0.05) is 11.9 Å². The number of nitrogens with zero attached hydrogens (tertiary/aromatic N) is 1. The number of carbonyl (C=O) groups excluding carboxylic acids is 1. The molecule has 0 aliphatic rings. The molecule has 0 spiro atoms. The number of hydrogen-bond donors (Lipinski definition) is 1. The summed E-state index contributed by atoms with van der Waals surface area (Å²) in [7, 11) is 1.78. The average Bonchev–Trinajstić information content (AvgIpc) is 2.83. The lowest BCUT2D eigenvalue weighted by atomic mass is 10.0. The van der Waals surface area contributed by atoms with Crippen molar-refractivity contribution in [3.8, 4) is 0 Å². The molecular formula is C15H17BrN2OS. The van der Waals surface area contributed by atoms with Gasteiger partial charge >= 0.3 is 0 Å². The first-order valence-corrected chi connectivity index (χ1v) is 7.89. The summed E-state index contributed by atoms with van der Waals surface area (Å²) in [5, 5.41) is 0. The number of nitrogens with two attached hydrogens (primary N) is 1. The molecule has 1 unspecified atom stereocenters. The molecule has 0 saturated heterocycles. The predicted molar refractivity (Wildman–Crippen MR) is 86.6 cm³/mol. The predicted octanol–water partition coefficient (Wildman–Crippen LogP) is 3.48. The molecule has 0 aliphatic heterocycles. The van der Waals surface area contributed by atoms with Crippen molar-refractivity contribution >= 4 is 33.2 Å². The summed E-state index contributed by atoms with van der Waals surface area (Å²) in [5.74, 6) is -0.0709. The Bertz CT molecular complexity index is 594. The fourth-order valence-corrected chi connectivity index (χ4v) is 3.44. The second-order valence-corrected chi connectivity index (χ2v) is 7.34. The highest BCUT2D eigenvalue weighted by atomic mass is 79.9. The first kappa shape index (κ1) is 15.2. The number of likely N-dealkylation sites (N-methyl/N-ethyl adjacent to an activating group) is 1. The van der Waals surface area contributed by atoms with Gasteiger partial charge in [-0.1, -0.05) is 29.8 Å². The number of halogens is 1. The van der Waals surface area contributed by atoms with Gasteiger partial charge in [0.1, 0.15) is 6.04 Å². The normalized spacial score (nSPS) is 12.2. The van der Waals surface area contributed by atoms with E-state index in [4.69, 9.17) is 5.73 Å². The maximum absolute atomic E-state index is 12.3. The number of rotatable bonds is 4. The Kier molecular flexibility index (Phi) is 4.96. The largest absolute Gasteiger partial charge is 0.339 e. The first-order valence-electron chi connectivity index (χ1n) is 6.28. The quantitative estimate of drug-likeness (QED) is 0.915. The van der Waals surface area contributed by atoms with E-state index < -0.39 is 6.04 Å². The molecule has 2 rings (SSSR count). The molecule has 0 fully saturated rings. The maximum atomic E-state index is 12.3. The Morgan fingerprint density at radius 2 is 1.95 bits per heavy atom. The van der Waals surface area contributed by atoms with Gasteiger partial charge < -0.3 is 10.6 Å². The number of carbonyl (C=O) groups is 1. The Morgan fingerprint density at radius 1 is 1.30 bits per heavy atom. The van der Waals surface area contributed by atoms with E-state index >= 15 is 0 Å². The van der Waals surface area contributed by atoms with E-state index in [0.717, 1.165) is 19.8 Å². The van der Waals surface area contributed by atoms with Crippen molar-refractivity contribution in [1.82, 2.24) is 4.90 Å². The van der Waals surface area contributed by atoms with E-state index in [-0.39, 0.29) is 5.91 Å². The van der Waals surface area contributed by atoms with Crippen molar-refractivity contribution in [3.05, 3.63) is 56.2 Å². The zero-order valence-corrected chi connectivity index (χ0v) is 13.9. The molecule has 20 heavy (non-hydrogen) atoms. The number of amides is 1. The Hall–Kier alpha value is -1.17. The van der Waals surface area contributed by atoms with Crippen LogP contribution < -0.4 is 5.73 Å². The van der Waals surface area contributed by atoms with Crippen LogP contribution in [0.4, 0.5) is 0 Å². The standard InChI is InChI=1S/C15H17BrN2OS/c1-10-3-5-11(6-4-10)14(17)15(19)18(2)9-12-7-8-13(16)20-12/h3-8,14H,9,17H2,1-2H3. The van der Waals surface area contributed by atoms with Gasteiger partial charge in [-0.2, -0.15) is 0 Å². The van der Waals surface area contributed by atoms with Gasteiger partial charge in [0.15, 0.2) is 0 Å². The van der Waals surface area contributed by atoms with Crippen LogP contribution in [0.1, 0.15) is 22.0 Å². The first-order chi connectivity index (χ1) is 9.47. The monoisotopic (exact) mass is 352 g/mol. The molecule has 1 amide bonds. The van der Waals surface area contributed by atoms with Crippen molar-refractivity contribution in [2.75, 3.05) is 7.05 Å². The van der Waals surface area contributed by atoms with E-state index in [9.17, 15) is 4.79 Å². The molecule has 106 valence electrons. The van der Waals surface area contributed by atoms with Crippen molar-refractivity contribution in [1.29, 1.82) is 0 Å². The van der Waals surface area contributed by atoms with Crippen LogP contribution in [0.2, 0.25) is 0 Å². The van der Waals surface area contributed by atoms with Crippen LogP contribution >= 0.6 is 27.3 Å². The van der Waals surface area contributed by atoms with E-state index in [1.165, 1.54) is 0 Å². The molecule has 1 heterocycles. The SMILES string of the molecule is Cc1ccc(C(N)C(=O)N(C)Cc2ccc(Br)s2)cc1. The fourth-order valence-electron chi connectivity index (χ4n) is 1.90. The average molecular weight is 353 g/mol. The highest BCUT2D eigenvalue weighted by Gasteiger charge is 2.20. The van der Waals surface area contributed by atoms with Gasteiger partial charge in [-0.15, -0.1) is 11.3 Å². The Labute approximate surface area is 131 Å². The molecule has 3 nitrogen and oxygen atoms in total. The van der Waals surface area contributed by atoms with Gasteiger partial charge in [-0.3, -0.25) is 4.79 Å². The van der Waals surface area contributed by atoms with Crippen LogP contribution in [0.15, 0.2) is 40.2 Å². The lowest BCUT2D eigenvalue weighted by Crippen LogP contribution is -2.35. The molecule has 2 aromatic rings. The lowest BCUT2D eigenvalue weighted by Gasteiger charge is -2.21. The third kappa shape index (κ3) is 3.69. The maximum Gasteiger partial charge on any atom is 0.244 e. The number of benzene rings is 1. The van der Waals surface area contributed by atoms with Gasteiger partial charge in [0.25, 0.3) is 0 Å². The van der Waals surface area contributed by atoms with Crippen LogP contribution in [-0.2, 0) is 11.3 Å². The third-order valence-electron chi connectivity index (χ3n) is 3.10. The van der Waals surface area contributed by atoms with Crippen LogP contribution in [0.25, 0.3) is 0 Å². The number of hydrogen-bond acceptors (Lipinski definition) is 3. The van der Waals surface area contributed by atoms with E-state index in [1.807, 2.05) is 43.3 Å². The third-order valence-corrected chi connectivity index (χ3v) is 4.71. The topological polar surface area (TPSA) is 46.3 Å². The van der Waals surface area contributed by atoms with Gasteiger partial charge in [0.2, 0.25) is 5.91 Å². The van der Waals surface area contributed by atoms with Gasteiger partial charge in [-0.05, 0) is 40.5 Å². The summed E-state index contributed by atoms with van der Waals surface area (Å²) in [5.41, 5.74) is 8.06. The Morgan fingerprint density at radius 3 is 2.50 bits per heavy atom. The molecule has 2 N–H and O–H groups in total. The van der Waals surface area contributed by atoms with Crippen LogP contribution in [0.3, 0.4) is 0 Å².